The number of carboxylic acids is 1. The van der Waals surface area contributed by atoms with Gasteiger partial charge in [0.15, 0.2) is 0 Å². The van der Waals surface area contributed by atoms with Crippen molar-refractivity contribution in [2.75, 3.05) is 13.7 Å². The van der Waals surface area contributed by atoms with Gasteiger partial charge in [0.05, 0.1) is 13.2 Å². The number of carbonyl (C=O) groups excluding carboxylic acids is 1. The van der Waals surface area contributed by atoms with E-state index in [9.17, 15) is 9.59 Å². The second kappa shape index (κ2) is 14.5. The van der Waals surface area contributed by atoms with Crippen LogP contribution in [0.5, 0.6) is 0 Å². The number of ether oxygens (including phenoxy) is 1. The minimum absolute atomic E-state index is 0. The van der Waals surface area contributed by atoms with Crippen molar-refractivity contribution in [1.82, 2.24) is 5.32 Å². The van der Waals surface area contributed by atoms with Crippen molar-refractivity contribution in [2.45, 2.75) is 45.4 Å². The largest absolute Gasteiger partial charge is 1.00 e. The summed E-state index contributed by atoms with van der Waals surface area (Å²) in [5.74, 6) is -1.81. The van der Waals surface area contributed by atoms with Gasteiger partial charge in [-0.3, -0.25) is 0 Å². The Morgan fingerprint density at radius 1 is 1.16 bits per heavy atom. The van der Waals surface area contributed by atoms with Crippen LogP contribution in [0.3, 0.4) is 0 Å². The van der Waals surface area contributed by atoms with Crippen LogP contribution in [-0.4, -0.2) is 30.7 Å². The summed E-state index contributed by atoms with van der Waals surface area (Å²) in [6.07, 6.45) is 7.77. The van der Waals surface area contributed by atoms with Crippen LogP contribution in [0.15, 0.2) is 11.8 Å². The monoisotopic (exact) mass is 296 g/mol. The van der Waals surface area contributed by atoms with Crippen molar-refractivity contribution >= 4 is 11.9 Å². The van der Waals surface area contributed by atoms with E-state index in [-0.39, 0.29) is 57.1 Å². The summed E-state index contributed by atoms with van der Waals surface area (Å²) in [7, 11) is 1.21. The van der Waals surface area contributed by atoms with Crippen molar-refractivity contribution in [3.63, 3.8) is 0 Å². The molecule has 0 fully saturated rings. The van der Waals surface area contributed by atoms with Crippen LogP contribution < -0.4 is 56.7 Å². The number of rotatable bonds is 10. The van der Waals surface area contributed by atoms with Gasteiger partial charge in [-0.15, -0.1) is 0 Å². The van der Waals surface area contributed by atoms with Crippen LogP contribution in [0.2, 0.25) is 0 Å². The summed E-state index contributed by atoms with van der Waals surface area (Å²) in [6, 6.07) is 0. The van der Waals surface area contributed by atoms with Crippen LogP contribution in [0, 0.1) is 0 Å². The Labute approximate surface area is 157 Å². The first-order chi connectivity index (χ1) is 8.61. The minimum atomic E-state index is -1.15. The molecule has 0 atom stereocenters. The average molecular weight is 296 g/mol. The average Bonchev–Trinajstić information content (AvgIpc) is 2.35. The van der Waals surface area contributed by atoms with Crippen molar-refractivity contribution in [3.8, 4) is 0 Å². The number of esters is 1. The third-order valence-electron chi connectivity index (χ3n) is 2.54. The Kier molecular flexibility index (Phi) is 16.4. The first kappa shape index (κ1) is 21.4. The van der Waals surface area contributed by atoms with E-state index >= 15 is 0 Å². The molecule has 0 saturated heterocycles. The Morgan fingerprint density at radius 3 is 2.26 bits per heavy atom. The number of aliphatic carboxylic acids is 1. The van der Waals surface area contributed by atoms with Gasteiger partial charge in [-0.2, -0.15) is 0 Å². The summed E-state index contributed by atoms with van der Waals surface area (Å²) in [5, 5.41) is 11.6. The zero-order valence-electron chi connectivity index (χ0n) is 12.2. The number of carboxylic acid groups (broad SMARTS) is 1. The fourth-order valence-electron chi connectivity index (χ4n) is 1.49. The molecule has 0 aromatic rings. The maximum atomic E-state index is 10.9. The SMILES string of the molecule is CCCCCCCCN/C(=C/C(=O)OC)C(=O)O.[K+]. The van der Waals surface area contributed by atoms with E-state index in [1.54, 1.807) is 0 Å². The third kappa shape index (κ3) is 12.9. The molecule has 19 heavy (non-hydrogen) atoms. The topological polar surface area (TPSA) is 75.6 Å². The van der Waals surface area contributed by atoms with Gasteiger partial charge in [-0.25, -0.2) is 9.59 Å². The van der Waals surface area contributed by atoms with E-state index in [1.165, 1.54) is 32.8 Å². The Morgan fingerprint density at radius 2 is 1.74 bits per heavy atom. The van der Waals surface area contributed by atoms with Gasteiger partial charge in [-0.1, -0.05) is 39.0 Å². The van der Waals surface area contributed by atoms with Crippen molar-refractivity contribution in [2.24, 2.45) is 0 Å². The number of methoxy groups -OCH3 is 1. The molecule has 0 saturated carbocycles. The molecule has 2 N–H and O–H groups in total. The van der Waals surface area contributed by atoms with Gasteiger partial charge in [0.1, 0.15) is 5.70 Å². The number of hydrogen-bond donors (Lipinski definition) is 2. The molecule has 6 heteroatoms. The molecule has 0 rings (SSSR count). The van der Waals surface area contributed by atoms with Crippen LogP contribution in [0.4, 0.5) is 0 Å². The molecular formula is C13H23KNO4+. The maximum Gasteiger partial charge on any atom is 1.00 e. The number of carbonyl (C=O) groups is 2. The third-order valence-corrected chi connectivity index (χ3v) is 2.54. The zero-order valence-corrected chi connectivity index (χ0v) is 15.3. The summed E-state index contributed by atoms with van der Waals surface area (Å²) in [6.45, 7) is 2.72. The quantitative estimate of drug-likeness (QED) is 0.236. The van der Waals surface area contributed by atoms with E-state index in [4.69, 9.17) is 5.11 Å². The van der Waals surface area contributed by atoms with Crippen LogP contribution in [0.25, 0.3) is 0 Å². The molecular weight excluding hydrogens is 273 g/mol. The van der Waals surface area contributed by atoms with E-state index < -0.39 is 11.9 Å². The molecule has 0 spiro atoms. The molecule has 0 amide bonds. The Bertz CT molecular complexity index is 292. The molecule has 5 nitrogen and oxygen atoms in total. The molecule has 0 bridgehead atoms. The minimum Gasteiger partial charge on any atom is -0.477 e. The maximum absolute atomic E-state index is 10.9. The normalized spacial score (nSPS) is 10.5. The zero-order chi connectivity index (χ0) is 13.8. The fourth-order valence-corrected chi connectivity index (χ4v) is 1.49. The van der Waals surface area contributed by atoms with E-state index in [0.717, 1.165) is 18.9 Å². The van der Waals surface area contributed by atoms with Gasteiger partial charge in [0.2, 0.25) is 0 Å². The first-order valence-corrected chi connectivity index (χ1v) is 6.38. The molecule has 0 aromatic heterocycles. The van der Waals surface area contributed by atoms with Gasteiger partial charge >= 0.3 is 63.3 Å². The van der Waals surface area contributed by atoms with E-state index in [1.807, 2.05) is 0 Å². The smallest absolute Gasteiger partial charge is 0.477 e. The van der Waals surface area contributed by atoms with E-state index in [2.05, 4.69) is 17.0 Å². The number of unbranched alkanes of at least 4 members (excludes halogenated alkanes) is 5. The van der Waals surface area contributed by atoms with Crippen molar-refractivity contribution < 1.29 is 70.8 Å². The number of hydrogen-bond acceptors (Lipinski definition) is 4. The molecule has 0 aromatic carbocycles. The standard InChI is InChI=1S/C13H23NO4.K/c1-3-4-5-6-7-8-9-14-11(13(16)17)10-12(15)18-2;/h10,14H,3-9H2,1-2H3,(H,16,17);/q;+1/b11-10+;. The van der Waals surface area contributed by atoms with Crippen LogP contribution in [-0.2, 0) is 14.3 Å². The summed E-state index contributed by atoms with van der Waals surface area (Å²) < 4.78 is 4.38. The molecule has 0 radical (unpaired) electrons. The number of nitrogens with one attached hydrogen (secondary N) is 1. The van der Waals surface area contributed by atoms with Gasteiger partial charge in [0.25, 0.3) is 0 Å². The molecule has 104 valence electrons. The van der Waals surface area contributed by atoms with Gasteiger partial charge < -0.3 is 15.2 Å². The second-order valence-electron chi connectivity index (χ2n) is 4.08. The first-order valence-electron chi connectivity index (χ1n) is 6.38. The molecule has 0 heterocycles. The van der Waals surface area contributed by atoms with Crippen LogP contribution >= 0.6 is 0 Å². The van der Waals surface area contributed by atoms with Gasteiger partial charge in [-0.05, 0) is 6.42 Å². The molecule has 0 aliphatic carbocycles. The van der Waals surface area contributed by atoms with Crippen LogP contribution in [0.1, 0.15) is 45.4 Å². The van der Waals surface area contributed by atoms with Crippen molar-refractivity contribution in [3.05, 3.63) is 11.8 Å². The fraction of sp³-hybridized carbons (Fsp3) is 0.692. The predicted octanol–water partition coefficient (Wildman–Crippen LogP) is -0.918. The van der Waals surface area contributed by atoms with Crippen molar-refractivity contribution in [1.29, 1.82) is 0 Å². The van der Waals surface area contributed by atoms with Gasteiger partial charge in [0, 0.05) is 6.54 Å². The second-order valence-corrected chi connectivity index (χ2v) is 4.08. The Balaban J connectivity index is 0. The summed E-state index contributed by atoms with van der Waals surface area (Å²) in [4.78, 5) is 21.7. The predicted molar refractivity (Wildman–Crippen MR) is 69.1 cm³/mol. The molecule has 0 aliphatic heterocycles. The Hall–Kier alpha value is 0.116. The molecule has 0 aliphatic rings. The summed E-state index contributed by atoms with van der Waals surface area (Å²) in [5.41, 5.74) is -0.115. The molecule has 0 unspecified atom stereocenters. The van der Waals surface area contributed by atoms with E-state index in [0.29, 0.717) is 6.54 Å². The summed E-state index contributed by atoms with van der Waals surface area (Å²) >= 11 is 0.